The van der Waals surface area contributed by atoms with Crippen LogP contribution in [0.1, 0.15) is 48.8 Å². The Hall–Kier alpha value is -4.77. The highest BCUT2D eigenvalue weighted by atomic mass is 79.9. The number of benzene rings is 3. The first kappa shape index (κ1) is 32.6. The number of rotatable bonds is 9. The van der Waals surface area contributed by atoms with E-state index in [1.165, 1.54) is 10.7 Å². The molecule has 3 aromatic carbocycles. The lowest BCUT2D eigenvalue weighted by Crippen LogP contribution is -2.29. The van der Waals surface area contributed by atoms with E-state index >= 15 is 0 Å². The largest absolute Gasteiger partial charge is 0.487 e. The lowest BCUT2D eigenvalue weighted by atomic mass is 9.92. The van der Waals surface area contributed by atoms with Gasteiger partial charge in [0.05, 0.1) is 12.2 Å². The number of carbonyl (C=O) groups excluding carboxylic acids is 1. The number of aromatic nitrogens is 3. The fourth-order valence-corrected chi connectivity index (χ4v) is 5.26. The molecule has 0 fully saturated rings. The molecule has 5 aromatic rings. The first-order valence-electron chi connectivity index (χ1n) is 14.6. The highest BCUT2D eigenvalue weighted by molar-refractivity contribution is 9.10. The highest BCUT2D eigenvalue weighted by Gasteiger charge is 2.23. The number of carbonyl (C=O) groups is 1. The number of halogens is 3. The van der Waals surface area contributed by atoms with Gasteiger partial charge >= 0.3 is 6.03 Å². The minimum Gasteiger partial charge on any atom is -0.487 e. The van der Waals surface area contributed by atoms with Gasteiger partial charge in [-0.3, -0.25) is 10.1 Å². The van der Waals surface area contributed by atoms with Gasteiger partial charge in [0.25, 0.3) is 5.56 Å². The maximum Gasteiger partial charge on any atom is 0.320 e. The van der Waals surface area contributed by atoms with Crippen molar-refractivity contribution in [1.82, 2.24) is 19.7 Å². The molecule has 0 aliphatic heterocycles. The van der Waals surface area contributed by atoms with Gasteiger partial charge in [0, 0.05) is 35.9 Å². The second-order valence-corrected chi connectivity index (χ2v) is 12.7. The van der Waals surface area contributed by atoms with Crippen LogP contribution in [0.15, 0.2) is 94.2 Å². The van der Waals surface area contributed by atoms with Crippen LogP contribution in [0.2, 0.25) is 0 Å². The molecule has 0 saturated carbocycles. The Balaban J connectivity index is 1.28. The summed E-state index contributed by atoms with van der Waals surface area (Å²) in [6.07, 6.45) is 0. The molecule has 11 heteroatoms. The van der Waals surface area contributed by atoms with Crippen molar-refractivity contribution in [2.75, 3.05) is 5.32 Å². The lowest BCUT2D eigenvalue weighted by molar-refractivity contribution is 0.251. The molecule has 0 radical (unpaired) electrons. The van der Waals surface area contributed by atoms with Crippen LogP contribution < -0.4 is 20.9 Å². The fourth-order valence-electron chi connectivity index (χ4n) is 4.82. The Morgan fingerprint density at radius 2 is 1.65 bits per heavy atom. The topological polar surface area (TPSA) is 90.2 Å². The Kier molecular flexibility index (Phi) is 9.71. The van der Waals surface area contributed by atoms with E-state index in [0.29, 0.717) is 22.5 Å². The van der Waals surface area contributed by atoms with E-state index in [-0.39, 0.29) is 30.2 Å². The van der Waals surface area contributed by atoms with Crippen molar-refractivity contribution in [3.8, 4) is 11.4 Å². The van der Waals surface area contributed by atoms with Crippen molar-refractivity contribution in [2.24, 2.45) is 0 Å². The van der Waals surface area contributed by atoms with Crippen molar-refractivity contribution in [2.45, 2.75) is 52.8 Å². The minimum absolute atomic E-state index is 0.00354. The molecule has 0 aliphatic rings. The number of hydrogen-bond acceptors (Lipinski definition) is 4. The van der Waals surface area contributed by atoms with E-state index in [4.69, 9.17) is 4.74 Å². The molecule has 8 nitrogen and oxygen atoms in total. The normalized spacial score (nSPS) is 11.4. The Labute approximate surface area is 274 Å². The van der Waals surface area contributed by atoms with Gasteiger partial charge in [0.15, 0.2) is 5.82 Å². The first-order valence-corrected chi connectivity index (χ1v) is 15.4. The van der Waals surface area contributed by atoms with Crippen LogP contribution >= 0.6 is 15.9 Å². The Morgan fingerprint density at radius 3 is 2.35 bits per heavy atom. The zero-order chi connectivity index (χ0) is 33.0. The second-order valence-electron chi connectivity index (χ2n) is 11.9. The predicted molar refractivity (Wildman–Crippen MR) is 177 cm³/mol. The van der Waals surface area contributed by atoms with Crippen molar-refractivity contribution in [3.63, 3.8) is 0 Å². The number of anilines is 1. The molecular weight excluding hydrogens is 656 g/mol. The number of nitrogens with one attached hydrogen (secondary N) is 2. The molecule has 0 saturated heterocycles. The van der Waals surface area contributed by atoms with Gasteiger partial charge in [-0.15, -0.1) is 0 Å². The van der Waals surface area contributed by atoms with Crippen molar-refractivity contribution < 1.29 is 18.3 Å². The number of aryl methyl sites for hydroxylation is 1. The summed E-state index contributed by atoms with van der Waals surface area (Å²) in [4.78, 5) is 26.2. The van der Waals surface area contributed by atoms with E-state index in [1.54, 1.807) is 10.6 Å². The third kappa shape index (κ3) is 7.54. The van der Waals surface area contributed by atoms with Gasteiger partial charge in [-0.1, -0.05) is 75.4 Å². The smallest absolute Gasteiger partial charge is 0.320 e. The summed E-state index contributed by atoms with van der Waals surface area (Å²) in [5.74, 6) is -0.874. The molecule has 0 aliphatic carbocycles. The number of hydrogen-bond donors (Lipinski definition) is 2. The molecule has 46 heavy (non-hydrogen) atoms. The van der Waals surface area contributed by atoms with E-state index in [0.717, 1.165) is 34.5 Å². The summed E-state index contributed by atoms with van der Waals surface area (Å²) < 4.78 is 37.6. The van der Waals surface area contributed by atoms with Crippen LogP contribution in [0.3, 0.4) is 0 Å². The second kappa shape index (κ2) is 13.7. The molecule has 0 bridgehead atoms. The minimum atomic E-state index is -0.809. The van der Waals surface area contributed by atoms with Gasteiger partial charge < -0.3 is 14.6 Å². The molecule has 2 aromatic heterocycles. The number of nitrogens with zero attached hydrogens (tertiary/aromatic N) is 3. The SMILES string of the molecule is Cc1cc(OCc2ccccc2CNC(=O)Nc2cc(C(C)(C)C)nn2-c2ccc(F)cc2F)c(Br)c(=O)n1Cc1ccccc1. The molecule has 2 heterocycles. The van der Waals surface area contributed by atoms with E-state index in [2.05, 4.69) is 31.7 Å². The van der Waals surface area contributed by atoms with Crippen LogP contribution in [0.5, 0.6) is 5.75 Å². The number of amides is 2. The van der Waals surface area contributed by atoms with Crippen molar-refractivity contribution in [3.05, 3.63) is 139 Å². The van der Waals surface area contributed by atoms with Crippen LogP contribution in [0.4, 0.5) is 19.4 Å². The molecular formula is C35H34BrF2N5O3. The van der Waals surface area contributed by atoms with E-state index < -0.39 is 23.1 Å². The molecule has 0 atom stereocenters. The number of pyridine rings is 1. The Bertz CT molecular complexity index is 1930. The highest BCUT2D eigenvalue weighted by Crippen LogP contribution is 2.28. The van der Waals surface area contributed by atoms with Gasteiger partial charge in [-0.25, -0.2) is 18.3 Å². The third-order valence-electron chi connectivity index (χ3n) is 7.40. The first-order chi connectivity index (χ1) is 21.9. The van der Waals surface area contributed by atoms with Crippen LogP contribution in [-0.2, 0) is 25.1 Å². The molecule has 5 rings (SSSR count). The molecule has 2 amide bonds. The summed E-state index contributed by atoms with van der Waals surface area (Å²) in [6, 6.07) is 23.3. The summed E-state index contributed by atoms with van der Waals surface area (Å²) in [5.41, 5.74) is 3.42. The van der Waals surface area contributed by atoms with Crippen molar-refractivity contribution >= 4 is 27.8 Å². The summed E-state index contributed by atoms with van der Waals surface area (Å²) in [6.45, 7) is 8.46. The molecule has 0 unspecified atom stereocenters. The number of ether oxygens (including phenoxy) is 1. The van der Waals surface area contributed by atoms with Gasteiger partial charge in [0.1, 0.15) is 34.2 Å². The zero-order valence-electron chi connectivity index (χ0n) is 25.9. The van der Waals surface area contributed by atoms with Crippen LogP contribution in [0, 0.1) is 18.6 Å². The number of urea groups is 1. The van der Waals surface area contributed by atoms with Gasteiger partial charge in [-0.05, 0) is 51.7 Å². The summed E-state index contributed by atoms with van der Waals surface area (Å²) in [5, 5.41) is 10.1. The van der Waals surface area contributed by atoms with Crippen LogP contribution in [0.25, 0.3) is 5.69 Å². The third-order valence-corrected chi connectivity index (χ3v) is 8.13. The fraction of sp³-hybridized carbons (Fsp3) is 0.229. The monoisotopic (exact) mass is 689 g/mol. The molecule has 2 N–H and O–H groups in total. The Morgan fingerprint density at radius 1 is 0.957 bits per heavy atom. The van der Waals surface area contributed by atoms with Crippen molar-refractivity contribution in [1.29, 1.82) is 0 Å². The van der Waals surface area contributed by atoms with E-state index in [1.807, 2.05) is 88.4 Å². The zero-order valence-corrected chi connectivity index (χ0v) is 27.5. The van der Waals surface area contributed by atoms with Gasteiger partial charge in [0.2, 0.25) is 0 Å². The quantitative estimate of drug-likeness (QED) is 0.167. The standard InChI is InChI=1S/C35H34BrF2N5O3/c1-22-16-29(32(36)33(44)42(22)20-23-10-6-5-7-11-23)46-21-25-13-9-8-12-24(25)19-39-34(45)40-31-18-30(35(2,3)4)41-43(31)28-15-14-26(37)17-27(28)38/h5-18H,19-21H2,1-4H3,(H2,39,40,45). The maximum absolute atomic E-state index is 14.7. The lowest BCUT2D eigenvalue weighted by Gasteiger charge is -2.16. The van der Waals surface area contributed by atoms with E-state index in [9.17, 15) is 18.4 Å². The van der Waals surface area contributed by atoms with Gasteiger partial charge in [-0.2, -0.15) is 5.10 Å². The average molecular weight is 691 g/mol. The van der Waals surface area contributed by atoms with Crippen LogP contribution in [-0.4, -0.2) is 20.4 Å². The summed E-state index contributed by atoms with van der Waals surface area (Å²) in [7, 11) is 0. The summed E-state index contributed by atoms with van der Waals surface area (Å²) >= 11 is 3.42. The maximum atomic E-state index is 14.7. The molecule has 0 spiro atoms. The predicted octanol–water partition coefficient (Wildman–Crippen LogP) is 7.63. The average Bonchev–Trinajstić information content (AvgIpc) is 3.44. The molecule has 238 valence electrons.